The van der Waals surface area contributed by atoms with Crippen molar-refractivity contribution in [2.75, 3.05) is 19.6 Å². The van der Waals surface area contributed by atoms with Crippen molar-refractivity contribution in [2.24, 2.45) is 5.92 Å². The number of phenolic OH excluding ortho intramolecular Hbond substituents is 1. The first-order valence-electron chi connectivity index (χ1n) is 11.8. The van der Waals surface area contributed by atoms with Crippen molar-refractivity contribution in [3.8, 4) is 11.5 Å². The van der Waals surface area contributed by atoms with Gasteiger partial charge in [-0.1, -0.05) is 6.07 Å². The molecule has 1 aromatic carbocycles. The van der Waals surface area contributed by atoms with Crippen LogP contribution in [-0.4, -0.2) is 69.3 Å². The number of phenols is 1. The van der Waals surface area contributed by atoms with Crippen molar-refractivity contribution in [3.63, 3.8) is 0 Å². The number of likely N-dealkylation sites (tertiary alicyclic amines) is 2. The summed E-state index contributed by atoms with van der Waals surface area (Å²) in [6, 6.07) is 3.87. The number of ether oxygens (including phenoxy) is 1. The van der Waals surface area contributed by atoms with E-state index in [4.69, 9.17) is 4.74 Å². The zero-order valence-corrected chi connectivity index (χ0v) is 17.3. The molecule has 5 atom stereocenters. The van der Waals surface area contributed by atoms with Crippen LogP contribution < -0.4 is 4.74 Å². The largest absolute Gasteiger partial charge is 0.504 e. The van der Waals surface area contributed by atoms with Crippen LogP contribution in [0.4, 0.5) is 0 Å². The number of hydrogen-bond donors (Lipinski definition) is 2. The van der Waals surface area contributed by atoms with Gasteiger partial charge in [-0.3, -0.25) is 9.69 Å². The highest BCUT2D eigenvalue weighted by atomic mass is 16.5. The molecule has 2 N–H and O–H groups in total. The lowest BCUT2D eigenvalue weighted by atomic mass is 9.48. The van der Waals surface area contributed by atoms with E-state index in [-0.39, 0.29) is 29.8 Å². The third kappa shape index (κ3) is 2.00. The summed E-state index contributed by atoms with van der Waals surface area (Å²) >= 11 is 0. The van der Waals surface area contributed by atoms with Crippen molar-refractivity contribution in [1.82, 2.24) is 9.80 Å². The minimum atomic E-state index is -0.865. The number of aromatic hydroxyl groups is 1. The highest BCUT2D eigenvalue weighted by Gasteiger charge is 2.73. The van der Waals surface area contributed by atoms with E-state index in [1.165, 1.54) is 18.4 Å². The van der Waals surface area contributed by atoms with Crippen LogP contribution in [0, 0.1) is 5.92 Å². The minimum absolute atomic E-state index is 0.0198. The van der Waals surface area contributed by atoms with Crippen LogP contribution >= 0.6 is 0 Å². The molecule has 3 aliphatic carbocycles. The van der Waals surface area contributed by atoms with Crippen LogP contribution in [0.15, 0.2) is 12.1 Å². The van der Waals surface area contributed by atoms with Gasteiger partial charge in [0.25, 0.3) is 0 Å². The maximum Gasteiger partial charge on any atom is 0.223 e. The predicted octanol–water partition coefficient (Wildman–Crippen LogP) is 1.95. The van der Waals surface area contributed by atoms with Crippen LogP contribution in [0.5, 0.6) is 11.5 Å². The Morgan fingerprint density at radius 3 is 2.80 bits per heavy atom. The molecule has 4 fully saturated rings. The summed E-state index contributed by atoms with van der Waals surface area (Å²) in [6.45, 7) is 2.83. The van der Waals surface area contributed by atoms with Crippen molar-refractivity contribution in [1.29, 1.82) is 0 Å². The fraction of sp³-hybridized carbons (Fsp3) is 0.708. The molecule has 1 spiro atoms. The Kier molecular flexibility index (Phi) is 3.40. The van der Waals surface area contributed by atoms with E-state index < -0.39 is 11.0 Å². The van der Waals surface area contributed by atoms with Gasteiger partial charge in [0, 0.05) is 31.1 Å². The molecular weight excluding hydrogens is 380 g/mol. The van der Waals surface area contributed by atoms with Gasteiger partial charge in [0.2, 0.25) is 5.91 Å². The van der Waals surface area contributed by atoms with Crippen molar-refractivity contribution >= 4 is 5.91 Å². The lowest BCUT2D eigenvalue weighted by molar-refractivity contribution is -0.200. The normalized spacial score (nSPS) is 41.7. The van der Waals surface area contributed by atoms with Gasteiger partial charge in [0.15, 0.2) is 11.5 Å². The Hall–Kier alpha value is -1.79. The number of benzene rings is 1. The molecule has 3 aliphatic heterocycles. The number of piperidine rings is 1. The smallest absolute Gasteiger partial charge is 0.223 e. The van der Waals surface area contributed by atoms with Crippen LogP contribution in [0.2, 0.25) is 0 Å². The highest BCUT2D eigenvalue weighted by Crippen LogP contribution is 2.66. The molecule has 30 heavy (non-hydrogen) atoms. The first kappa shape index (κ1) is 17.8. The van der Waals surface area contributed by atoms with E-state index in [2.05, 4.69) is 4.90 Å². The summed E-state index contributed by atoms with van der Waals surface area (Å²) in [5.41, 5.74) is 0.879. The van der Waals surface area contributed by atoms with Crippen molar-refractivity contribution < 1.29 is 19.7 Å². The maximum atomic E-state index is 12.6. The first-order chi connectivity index (χ1) is 14.5. The van der Waals surface area contributed by atoms with Crippen LogP contribution in [0.3, 0.4) is 0 Å². The van der Waals surface area contributed by atoms with Gasteiger partial charge in [0.05, 0.1) is 17.1 Å². The Balaban J connectivity index is 1.39. The zero-order chi connectivity index (χ0) is 20.3. The molecule has 1 aromatic rings. The summed E-state index contributed by atoms with van der Waals surface area (Å²) in [6.07, 6.45) is 6.98. The van der Waals surface area contributed by atoms with Gasteiger partial charge in [-0.25, -0.2) is 0 Å². The van der Waals surface area contributed by atoms with E-state index in [0.29, 0.717) is 18.6 Å². The fourth-order valence-electron chi connectivity index (χ4n) is 7.79. The maximum absolute atomic E-state index is 12.6. The monoisotopic (exact) mass is 410 g/mol. The lowest BCUT2D eigenvalue weighted by Gasteiger charge is -2.64. The van der Waals surface area contributed by atoms with Crippen LogP contribution in [-0.2, 0) is 16.6 Å². The molecule has 2 saturated heterocycles. The molecule has 0 unspecified atom stereocenters. The second kappa shape index (κ2) is 5.71. The van der Waals surface area contributed by atoms with Gasteiger partial charge in [-0.2, -0.15) is 0 Å². The van der Waals surface area contributed by atoms with Gasteiger partial charge in [-0.15, -0.1) is 0 Å². The quantitative estimate of drug-likeness (QED) is 0.797. The van der Waals surface area contributed by atoms with Crippen molar-refractivity contribution in [2.45, 2.75) is 80.6 Å². The number of carbonyl (C=O) groups excluding carboxylic acids is 1. The van der Waals surface area contributed by atoms with E-state index in [0.717, 1.165) is 56.8 Å². The summed E-state index contributed by atoms with van der Waals surface area (Å²) < 4.78 is 6.55. The van der Waals surface area contributed by atoms with E-state index >= 15 is 0 Å². The number of rotatable bonds is 3. The minimum Gasteiger partial charge on any atom is -0.504 e. The number of nitrogens with zero attached hydrogens (tertiary/aromatic N) is 2. The number of amides is 1. The Morgan fingerprint density at radius 2 is 2.03 bits per heavy atom. The average Bonchev–Trinajstić information content (AvgIpc) is 3.32. The predicted molar refractivity (Wildman–Crippen MR) is 110 cm³/mol. The molecule has 0 radical (unpaired) electrons. The molecule has 7 rings (SSSR count). The molecule has 2 saturated carbocycles. The molecule has 160 valence electrons. The Bertz CT molecular complexity index is 945. The van der Waals surface area contributed by atoms with E-state index in [1.807, 2.05) is 11.0 Å². The molecule has 2 bridgehead atoms. The molecule has 0 aromatic heterocycles. The molecule has 6 nitrogen and oxygen atoms in total. The van der Waals surface area contributed by atoms with Gasteiger partial charge >= 0.3 is 0 Å². The summed E-state index contributed by atoms with van der Waals surface area (Å²) in [5, 5.41) is 23.1. The van der Waals surface area contributed by atoms with Gasteiger partial charge in [0.1, 0.15) is 6.10 Å². The summed E-state index contributed by atoms with van der Waals surface area (Å²) in [7, 11) is 0. The Labute approximate surface area is 176 Å². The highest BCUT2D eigenvalue weighted by molar-refractivity contribution is 5.79. The fourth-order valence-corrected chi connectivity index (χ4v) is 7.79. The zero-order valence-electron chi connectivity index (χ0n) is 17.3. The first-order valence-corrected chi connectivity index (χ1v) is 11.8. The van der Waals surface area contributed by atoms with E-state index in [1.54, 1.807) is 6.07 Å². The third-order valence-corrected chi connectivity index (χ3v) is 9.24. The standard InChI is InChI=1S/C24H30N2O4/c27-17-6-5-15-12-18-24(29)8-7-16(26-10-1-2-19(26)28)22-23(24,20(15)21(17)30-22)9-11-25(18)13-14-3-4-14/h5-6,14,16,18,22,27,29H,1-4,7-13H2/t16-,18-,22-,23+,24-/m1/s1. The number of hydrogen-bond acceptors (Lipinski definition) is 5. The van der Waals surface area contributed by atoms with E-state index in [9.17, 15) is 15.0 Å². The molecule has 3 heterocycles. The second-order valence-corrected chi connectivity index (χ2v) is 10.6. The van der Waals surface area contributed by atoms with Crippen molar-refractivity contribution in [3.05, 3.63) is 23.3 Å². The summed E-state index contributed by atoms with van der Waals surface area (Å²) in [4.78, 5) is 17.2. The summed E-state index contributed by atoms with van der Waals surface area (Å²) in [5.74, 6) is 1.74. The van der Waals surface area contributed by atoms with Gasteiger partial charge < -0.3 is 19.8 Å². The third-order valence-electron chi connectivity index (χ3n) is 9.24. The SMILES string of the molecule is O=C1CCCN1[C@@H]1CC[C@@]2(O)[C@H]3Cc4ccc(O)c5c4[C@@]2(CCN3CC2CC2)[C@@H]1O5. The van der Waals surface area contributed by atoms with Crippen LogP contribution in [0.25, 0.3) is 0 Å². The second-order valence-electron chi connectivity index (χ2n) is 10.6. The molecule has 1 amide bonds. The molecular formula is C24H30N2O4. The van der Waals surface area contributed by atoms with Gasteiger partial charge in [-0.05, 0) is 69.0 Å². The molecule has 6 aliphatic rings. The Morgan fingerprint density at radius 1 is 1.17 bits per heavy atom. The number of carbonyl (C=O) groups is 1. The number of aliphatic hydroxyl groups is 1. The average molecular weight is 411 g/mol. The topological polar surface area (TPSA) is 73.2 Å². The molecule has 6 heteroatoms. The van der Waals surface area contributed by atoms with Crippen LogP contribution in [0.1, 0.15) is 56.1 Å². The lowest BCUT2D eigenvalue weighted by Crippen LogP contribution is -2.78.